The van der Waals surface area contributed by atoms with Crippen LogP contribution in [0.1, 0.15) is 10.4 Å². The third-order valence-electron chi connectivity index (χ3n) is 1.72. The smallest absolute Gasteiger partial charge is 0.465 e. The minimum absolute atomic E-state index is 0.138. The molecule has 0 heterocycles. The molecule has 0 radical (unpaired) electrons. The van der Waals surface area contributed by atoms with Crippen LogP contribution in [0.3, 0.4) is 0 Å². The molecule has 1 aromatic rings. The molecule has 7 heteroatoms. The molecular formula is C10H7F3O4. The second kappa shape index (κ2) is 4.86. The first-order valence-electron chi connectivity index (χ1n) is 4.32. The van der Waals surface area contributed by atoms with Gasteiger partial charge in [0.05, 0.1) is 12.7 Å². The van der Waals surface area contributed by atoms with Crippen LogP contribution in [-0.2, 0) is 9.53 Å². The van der Waals surface area contributed by atoms with Crippen LogP contribution in [0.4, 0.5) is 13.2 Å². The van der Waals surface area contributed by atoms with Crippen molar-refractivity contribution in [3.05, 3.63) is 29.8 Å². The van der Waals surface area contributed by atoms with Crippen LogP contribution in [0.25, 0.3) is 0 Å². The van der Waals surface area contributed by atoms with E-state index in [0.29, 0.717) is 0 Å². The van der Waals surface area contributed by atoms with Crippen molar-refractivity contribution in [1.82, 2.24) is 0 Å². The number of carbonyl (C=O) groups is 2. The number of ether oxygens (including phenoxy) is 2. The first kappa shape index (κ1) is 13.0. The summed E-state index contributed by atoms with van der Waals surface area (Å²) >= 11 is 0. The van der Waals surface area contributed by atoms with Crippen molar-refractivity contribution in [3.8, 4) is 5.75 Å². The SMILES string of the molecule is COC(=O)c1ccc(OC(=O)C(F)(F)F)cc1. The Morgan fingerprint density at radius 3 is 2.06 bits per heavy atom. The molecule has 92 valence electrons. The highest BCUT2D eigenvalue weighted by atomic mass is 19.4. The molecule has 0 aliphatic carbocycles. The Morgan fingerprint density at radius 1 is 1.12 bits per heavy atom. The van der Waals surface area contributed by atoms with Gasteiger partial charge in [-0.15, -0.1) is 0 Å². The zero-order valence-corrected chi connectivity index (χ0v) is 8.58. The van der Waals surface area contributed by atoms with Crippen LogP contribution in [0.5, 0.6) is 5.75 Å². The number of hydrogen-bond donors (Lipinski definition) is 0. The minimum Gasteiger partial charge on any atom is -0.465 e. The van der Waals surface area contributed by atoms with E-state index < -0.39 is 18.1 Å². The van der Waals surface area contributed by atoms with Gasteiger partial charge in [-0.25, -0.2) is 9.59 Å². The monoisotopic (exact) mass is 248 g/mol. The zero-order chi connectivity index (χ0) is 13.1. The Labute approximate surface area is 93.9 Å². The summed E-state index contributed by atoms with van der Waals surface area (Å²) in [6.45, 7) is 0. The number of halogens is 3. The lowest BCUT2D eigenvalue weighted by molar-refractivity contribution is -0.189. The molecule has 1 rings (SSSR count). The molecule has 0 aliphatic heterocycles. The topological polar surface area (TPSA) is 52.6 Å². The predicted octanol–water partition coefficient (Wildman–Crippen LogP) is 1.94. The Bertz CT molecular complexity index is 422. The van der Waals surface area contributed by atoms with E-state index in [-0.39, 0.29) is 11.3 Å². The summed E-state index contributed by atoms with van der Waals surface area (Å²) in [4.78, 5) is 21.5. The summed E-state index contributed by atoms with van der Waals surface area (Å²) in [7, 11) is 1.17. The van der Waals surface area contributed by atoms with E-state index in [1.807, 2.05) is 0 Å². The van der Waals surface area contributed by atoms with Gasteiger partial charge in [0.25, 0.3) is 0 Å². The minimum atomic E-state index is -5.05. The number of rotatable bonds is 2. The Hall–Kier alpha value is -2.05. The van der Waals surface area contributed by atoms with Crippen LogP contribution in [0, 0.1) is 0 Å². The van der Waals surface area contributed by atoms with Gasteiger partial charge in [0.15, 0.2) is 0 Å². The standard InChI is InChI=1S/C10H7F3O4/c1-16-8(14)6-2-4-7(5-3-6)17-9(15)10(11,12)13/h2-5H,1H3. The lowest BCUT2D eigenvalue weighted by Gasteiger charge is -2.06. The van der Waals surface area contributed by atoms with Crippen LogP contribution >= 0.6 is 0 Å². The van der Waals surface area contributed by atoms with Gasteiger partial charge in [-0.2, -0.15) is 13.2 Å². The van der Waals surface area contributed by atoms with Crippen molar-refractivity contribution in [2.75, 3.05) is 7.11 Å². The van der Waals surface area contributed by atoms with E-state index >= 15 is 0 Å². The number of esters is 2. The highest BCUT2D eigenvalue weighted by molar-refractivity contribution is 5.89. The Kier molecular flexibility index (Phi) is 3.72. The van der Waals surface area contributed by atoms with E-state index in [2.05, 4.69) is 9.47 Å². The van der Waals surface area contributed by atoms with Gasteiger partial charge in [0, 0.05) is 0 Å². The first-order chi connectivity index (χ1) is 7.84. The van der Waals surface area contributed by atoms with Crippen molar-refractivity contribution in [1.29, 1.82) is 0 Å². The maximum Gasteiger partial charge on any atom is 0.491 e. The molecule has 1 aromatic carbocycles. The molecule has 17 heavy (non-hydrogen) atoms. The molecule has 0 aliphatic rings. The predicted molar refractivity (Wildman–Crippen MR) is 49.5 cm³/mol. The average Bonchev–Trinajstić information content (AvgIpc) is 2.27. The van der Waals surface area contributed by atoms with E-state index in [9.17, 15) is 22.8 Å². The number of benzene rings is 1. The quantitative estimate of drug-likeness (QED) is 0.592. The van der Waals surface area contributed by atoms with Crippen molar-refractivity contribution in [2.24, 2.45) is 0 Å². The lowest BCUT2D eigenvalue weighted by Crippen LogP contribution is -2.27. The van der Waals surface area contributed by atoms with Gasteiger partial charge in [-0.3, -0.25) is 0 Å². The first-order valence-corrected chi connectivity index (χ1v) is 4.32. The summed E-state index contributed by atoms with van der Waals surface area (Å²) in [6.07, 6.45) is -5.05. The zero-order valence-electron chi connectivity index (χ0n) is 8.58. The molecule has 0 unspecified atom stereocenters. The summed E-state index contributed by atoms with van der Waals surface area (Å²) in [6, 6.07) is 4.50. The van der Waals surface area contributed by atoms with Crippen LogP contribution < -0.4 is 4.74 Å². The fraction of sp³-hybridized carbons (Fsp3) is 0.200. The maximum atomic E-state index is 11.8. The van der Waals surface area contributed by atoms with Gasteiger partial charge in [-0.1, -0.05) is 0 Å². The maximum absolute atomic E-state index is 11.8. The molecular weight excluding hydrogens is 241 g/mol. The molecule has 0 aromatic heterocycles. The fourth-order valence-electron chi connectivity index (χ4n) is 0.942. The van der Waals surface area contributed by atoms with Gasteiger partial charge < -0.3 is 9.47 Å². The Morgan fingerprint density at radius 2 is 1.65 bits per heavy atom. The van der Waals surface area contributed by atoms with Crippen molar-refractivity contribution >= 4 is 11.9 Å². The molecule has 0 spiro atoms. The van der Waals surface area contributed by atoms with Gasteiger partial charge in [-0.05, 0) is 24.3 Å². The van der Waals surface area contributed by atoms with E-state index in [0.717, 1.165) is 12.1 Å². The lowest BCUT2D eigenvalue weighted by atomic mass is 10.2. The largest absolute Gasteiger partial charge is 0.491 e. The van der Waals surface area contributed by atoms with Crippen molar-refractivity contribution < 1.29 is 32.2 Å². The van der Waals surface area contributed by atoms with Gasteiger partial charge in [0.1, 0.15) is 5.75 Å². The molecule has 0 saturated carbocycles. The number of methoxy groups -OCH3 is 1. The Balaban J connectivity index is 2.76. The highest BCUT2D eigenvalue weighted by Crippen LogP contribution is 2.20. The number of hydrogen-bond acceptors (Lipinski definition) is 4. The molecule has 0 amide bonds. The summed E-state index contributed by atoms with van der Waals surface area (Å²) in [5, 5.41) is 0. The average molecular weight is 248 g/mol. The molecule has 0 fully saturated rings. The van der Waals surface area contributed by atoms with Crippen molar-refractivity contribution in [3.63, 3.8) is 0 Å². The molecule has 0 atom stereocenters. The van der Waals surface area contributed by atoms with Crippen LogP contribution in [-0.4, -0.2) is 25.2 Å². The summed E-state index contributed by atoms with van der Waals surface area (Å²) < 4.78 is 44.0. The molecule has 4 nitrogen and oxygen atoms in total. The number of alkyl halides is 3. The van der Waals surface area contributed by atoms with Crippen LogP contribution in [0.15, 0.2) is 24.3 Å². The summed E-state index contributed by atoms with van der Waals surface area (Å²) in [5.74, 6) is -3.26. The third-order valence-corrected chi connectivity index (χ3v) is 1.72. The van der Waals surface area contributed by atoms with E-state index in [1.165, 1.54) is 19.2 Å². The molecule has 0 N–H and O–H groups in total. The second-order valence-corrected chi connectivity index (χ2v) is 2.90. The normalized spacial score (nSPS) is 10.8. The van der Waals surface area contributed by atoms with Crippen LogP contribution in [0.2, 0.25) is 0 Å². The molecule has 0 bridgehead atoms. The third kappa shape index (κ3) is 3.47. The highest BCUT2D eigenvalue weighted by Gasteiger charge is 2.41. The van der Waals surface area contributed by atoms with E-state index in [4.69, 9.17) is 0 Å². The summed E-state index contributed by atoms with van der Waals surface area (Å²) in [5.41, 5.74) is 0.138. The van der Waals surface area contributed by atoms with Crippen molar-refractivity contribution in [2.45, 2.75) is 6.18 Å². The molecule has 0 saturated heterocycles. The van der Waals surface area contributed by atoms with Gasteiger partial charge >= 0.3 is 18.1 Å². The second-order valence-electron chi connectivity index (χ2n) is 2.90. The fourth-order valence-corrected chi connectivity index (χ4v) is 0.942. The number of carbonyl (C=O) groups excluding carboxylic acids is 2. The van der Waals surface area contributed by atoms with E-state index in [1.54, 1.807) is 0 Å². The van der Waals surface area contributed by atoms with Gasteiger partial charge in [0.2, 0.25) is 0 Å².